The standard InChI is InChI=1S/C17H22O7/c1-15(2)16(20)13(23-9-10-7-5-4-6-8-10)11(18)12(14(19)22-3)24-17(15,16)21/h4-8,11-13,18,20-21H,9H2,1-3H3/t11-,12+,13+,16+,17+/m1/s1. The number of hydrogen-bond donors (Lipinski definition) is 3. The van der Waals surface area contributed by atoms with Gasteiger partial charge in [0.2, 0.25) is 5.79 Å². The molecule has 5 atom stereocenters. The van der Waals surface area contributed by atoms with Gasteiger partial charge >= 0.3 is 5.97 Å². The maximum absolute atomic E-state index is 11.9. The quantitative estimate of drug-likeness (QED) is 0.662. The fourth-order valence-electron chi connectivity index (χ4n) is 3.55. The minimum atomic E-state index is -2.00. The summed E-state index contributed by atoms with van der Waals surface area (Å²) in [6.45, 7) is 3.27. The highest BCUT2D eigenvalue weighted by atomic mass is 16.7. The maximum atomic E-state index is 11.9. The summed E-state index contributed by atoms with van der Waals surface area (Å²) in [4.78, 5) is 11.9. The van der Waals surface area contributed by atoms with Crippen LogP contribution in [0.3, 0.4) is 0 Å². The van der Waals surface area contributed by atoms with Gasteiger partial charge in [-0.3, -0.25) is 0 Å². The zero-order valence-corrected chi connectivity index (χ0v) is 13.8. The molecule has 24 heavy (non-hydrogen) atoms. The molecule has 1 saturated carbocycles. The summed E-state index contributed by atoms with van der Waals surface area (Å²) in [6, 6.07) is 9.19. The van der Waals surface area contributed by atoms with Crippen LogP contribution in [-0.2, 0) is 25.6 Å². The molecule has 0 radical (unpaired) electrons. The van der Waals surface area contributed by atoms with Crippen molar-refractivity contribution in [2.45, 2.75) is 50.2 Å². The molecule has 0 bridgehead atoms. The molecule has 3 N–H and O–H groups in total. The van der Waals surface area contributed by atoms with Crippen LogP contribution in [0.15, 0.2) is 30.3 Å². The molecule has 3 rings (SSSR count). The van der Waals surface area contributed by atoms with Crippen molar-refractivity contribution in [1.29, 1.82) is 0 Å². The first kappa shape index (κ1) is 17.3. The van der Waals surface area contributed by atoms with Gasteiger partial charge in [0.05, 0.1) is 19.1 Å². The molecule has 1 heterocycles. The minimum absolute atomic E-state index is 0.102. The van der Waals surface area contributed by atoms with Gasteiger partial charge in [-0.15, -0.1) is 0 Å². The molecule has 1 aliphatic carbocycles. The Bertz CT molecular complexity index is 631. The molecule has 1 aliphatic heterocycles. The number of hydrogen-bond acceptors (Lipinski definition) is 7. The molecular weight excluding hydrogens is 316 g/mol. The van der Waals surface area contributed by atoms with E-state index in [1.54, 1.807) is 13.8 Å². The number of carbonyl (C=O) groups is 1. The first-order valence-corrected chi connectivity index (χ1v) is 7.74. The second-order valence-corrected chi connectivity index (χ2v) is 6.80. The van der Waals surface area contributed by atoms with Crippen LogP contribution in [-0.4, -0.2) is 58.1 Å². The Labute approximate surface area is 139 Å². The van der Waals surface area contributed by atoms with Crippen molar-refractivity contribution in [2.75, 3.05) is 7.11 Å². The molecule has 2 fully saturated rings. The number of aliphatic hydroxyl groups is 3. The highest BCUT2D eigenvalue weighted by Crippen LogP contribution is 2.70. The smallest absolute Gasteiger partial charge is 0.337 e. The summed E-state index contributed by atoms with van der Waals surface area (Å²) in [5.41, 5.74) is -2.12. The third kappa shape index (κ3) is 2.06. The highest BCUT2D eigenvalue weighted by molar-refractivity contribution is 5.76. The Morgan fingerprint density at radius 2 is 1.88 bits per heavy atom. The molecule has 1 aromatic rings. The number of carbonyl (C=O) groups excluding carboxylic acids is 1. The van der Waals surface area contributed by atoms with E-state index in [0.717, 1.165) is 12.7 Å². The summed E-state index contributed by atoms with van der Waals surface area (Å²) in [6.07, 6.45) is -4.13. The monoisotopic (exact) mass is 338 g/mol. The van der Waals surface area contributed by atoms with Crippen molar-refractivity contribution in [2.24, 2.45) is 5.41 Å². The Balaban J connectivity index is 1.88. The zero-order valence-electron chi connectivity index (χ0n) is 13.8. The van der Waals surface area contributed by atoms with Gasteiger partial charge in [0, 0.05) is 0 Å². The van der Waals surface area contributed by atoms with Crippen LogP contribution in [0.5, 0.6) is 0 Å². The third-order valence-corrected chi connectivity index (χ3v) is 5.29. The topological polar surface area (TPSA) is 105 Å². The minimum Gasteiger partial charge on any atom is -0.467 e. The van der Waals surface area contributed by atoms with Crippen LogP contribution >= 0.6 is 0 Å². The zero-order chi connectivity index (χ0) is 17.8. The highest BCUT2D eigenvalue weighted by Gasteiger charge is 2.91. The van der Waals surface area contributed by atoms with Crippen molar-refractivity contribution >= 4 is 5.97 Å². The van der Waals surface area contributed by atoms with Crippen molar-refractivity contribution in [1.82, 2.24) is 0 Å². The summed E-state index contributed by atoms with van der Waals surface area (Å²) in [7, 11) is 1.15. The molecule has 0 amide bonds. The fraction of sp³-hybridized carbons (Fsp3) is 0.588. The first-order chi connectivity index (χ1) is 11.2. The van der Waals surface area contributed by atoms with Crippen molar-refractivity contribution in [3.05, 3.63) is 35.9 Å². The van der Waals surface area contributed by atoms with E-state index < -0.39 is 41.1 Å². The molecule has 7 heteroatoms. The molecule has 0 unspecified atom stereocenters. The lowest BCUT2D eigenvalue weighted by Gasteiger charge is -2.38. The van der Waals surface area contributed by atoms with Crippen LogP contribution in [0.4, 0.5) is 0 Å². The van der Waals surface area contributed by atoms with Gasteiger partial charge in [0.25, 0.3) is 0 Å². The molecule has 7 nitrogen and oxygen atoms in total. The van der Waals surface area contributed by atoms with Gasteiger partial charge in [-0.05, 0) is 5.56 Å². The number of fused-ring (bicyclic) bond motifs is 1. The van der Waals surface area contributed by atoms with E-state index in [-0.39, 0.29) is 6.61 Å². The van der Waals surface area contributed by atoms with Gasteiger partial charge in [0.1, 0.15) is 12.2 Å². The maximum Gasteiger partial charge on any atom is 0.337 e. The molecule has 0 aromatic heterocycles. The first-order valence-electron chi connectivity index (χ1n) is 7.74. The van der Waals surface area contributed by atoms with Gasteiger partial charge in [-0.25, -0.2) is 4.79 Å². The van der Waals surface area contributed by atoms with Gasteiger partial charge in [-0.2, -0.15) is 0 Å². The van der Waals surface area contributed by atoms with Crippen LogP contribution < -0.4 is 0 Å². The number of methoxy groups -OCH3 is 1. The molecule has 2 aliphatic rings. The molecular formula is C17H22O7. The number of esters is 1. The van der Waals surface area contributed by atoms with Crippen molar-refractivity contribution in [3.63, 3.8) is 0 Å². The van der Waals surface area contributed by atoms with E-state index >= 15 is 0 Å². The average Bonchev–Trinajstić information content (AvgIpc) is 2.92. The second-order valence-electron chi connectivity index (χ2n) is 6.80. The van der Waals surface area contributed by atoms with Crippen molar-refractivity contribution < 1.29 is 34.3 Å². The van der Waals surface area contributed by atoms with Gasteiger partial charge < -0.3 is 29.5 Å². The lowest BCUT2D eigenvalue weighted by Crippen LogP contribution is -2.60. The van der Waals surface area contributed by atoms with Crippen LogP contribution in [0.1, 0.15) is 19.4 Å². The van der Waals surface area contributed by atoms with Crippen LogP contribution in [0.25, 0.3) is 0 Å². The second kappa shape index (κ2) is 5.50. The Morgan fingerprint density at radius 1 is 1.25 bits per heavy atom. The number of benzene rings is 1. The van der Waals surface area contributed by atoms with Crippen LogP contribution in [0.2, 0.25) is 0 Å². The normalized spacial score (nSPS) is 39.8. The largest absolute Gasteiger partial charge is 0.467 e. The van der Waals surface area contributed by atoms with Crippen LogP contribution in [0, 0.1) is 5.41 Å². The summed E-state index contributed by atoms with van der Waals surface area (Å²) < 4.78 is 15.6. The lowest BCUT2D eigenvalue weighted by atomic mass is 9.94. The number of ether oxygens (including phenoxy) is 3. The molecule has 1 aromatic carbocycles. The fourth-order valence-corrected chi connectivity index (χ4v) is 3.55. The van der Waals surface area contributed by atoms with E-state index in [9.17, 15) is 20.1 Å². The predicted molar refractivity (Wildman–Crippen MR) is 81.6 cm³/mol. The Kier molecular flexibility index (Phi) is 3.97. The van der Waals surface area contributed by atoms with E-state index in [4.69, 9.17) is 9.47 Å². The van der Waals surface area contributed by atoms with Gasteiger partial charge in [-0.1, -0.05) is 44.2 Å². The summed E-state index contributed by atoms with van der Waals surface area (Å²) in [5, 5.41) is 32.1. The predicted octanol–water partition coefficient (Wildman–Crippen LogP) is -0.0360. The Hall–Kier alpha value is -1.51. The summed E-state index contributed by atoms with van der Waals surface area (Å²) >= 11 is 0. The average molecular weight is 338 g/mol. The molecule has 0 spiro atoms. The van der Waals surface area contributed by atoms with E-state index in [1.165, 1.54) is 0 Å². The van der Waals surface area contributed by atoms with Crippen molar-refractivity contribution in [3.8, 4) is 0 Å². The van der Waals surface area contributed by atoms with E-state index in [1.807, 2.05) is 30.3 Å². The van der Waals surface area contributed by atoms with E-state index in [2.05, 4.69) is 4.74 Å². The lowest BCUT2D eigenvalue weighted by molar-refractivity contribution is -0.292. The summed E-state index contributed by atoms with van der Waals surface area (Å²) in [5.74, 6) is -2.84. The number of aliphatic hydroxyl groups excluding tert-OH is 1. The number of rotatable bonds is 4. The molecule has 132 valence electrons. The SMILES string of the molecule is COC(=O)[C@H]1O[C@@]2(O)C(C)(C)[C@@]2(O)[C@@H](OCc2ccccc2)[C@@H]1O. The Morgan fingerprint density at radius 3 is 2.46 bits per heavy atom. The van der Waals surface area contributed by atoms with Gasteiger partial charge in [0.15, 0.2) is 11.7 Å². The van der Waals surface area contributed by atoms with E-state index in [0.29, 0.717) is 0 Å². The third-order valence-electron chi connectivity index (χ3n) is 5.29. The molecule has 1 saturated heterocycles.